The number of fused-ring (bicyclic) bond motifs is 7. The summed E-state index contributed by atoms with van der Waals surface area (Å²) in [5.74, 6) is 1.88. The smallest absolute Gasteiger partial charge is 0.164 e. The van der Waals surface area contributed by atoms with Gasteiger partial charge in [-0.15, -0.1) is 0 Å². The van der Waals surface area contributed by atoms with Gasteiger partial charge in [-0.2, -0.15) is 0 Å². The van der Waals surface area contributed by atoms with Gasteiger partial charge in [-0.05, 0) is 58.7 Å². The van der Waals surface area contributed by atoms with E-state index in [9.17, 15) is 0 Å². The van der Waals surface area contributed by atoms with Crippen molar-refractivity contribution < 1.29 is 4.42 Å². The molecule has 0 aliphatic heterocycles. The second-order valence-corrected chi connectivity index (χ2v) is 14.0. The van der Waals surface area contributed by atoms with Crippen molar-refractivity contribution in [3.05, 3.63) is 194 Å². The number of para-hydroxylation sites is 2. The van der Waals surface area contributed by atoms with Crippen LogP contribution in [0, 0.1) is 0 Å². The summed E-state index contributed by atoms with van der Waals surface area (Å²) in [5.41, 5.74) is 12.4. The van der Waals surface area contributed by atoms with Crippen LogP contribution in [-0.2, 0) is 0 Å². The molecule has 3 heterocycles. The van der Waals surface area contributed by atoms with Gasteiger partial charge in [0.1, 0.15) is 11.2 Å². The lowest BCUT2D eigenvalue weighted by Crippen LogP contribution is -2.00. The molecule has 0 unspecified atom stereocenters. The van der Waals surface area contributed by atoms with Crippen molar-refractivity contribution in [2.75, 3.05) is 0 Å². The Kier molecular flexibility index (Phi) is 7.42. The Balaban J connectivity index is 1.05. The van der Waals surface area contributed by atoms with Crippen LogP contribution in [0.15, 0.2) is 199 Å². The standard InChI is InChI=1S/C51H32N4O/c1-4-13-33(14-5-1)34-23-27-37(28-24-34)50-52-49(36-15-6-2-7-16-36)53-51(54-50)38-29-25-35(26-30-38)40-20-12-22-44-46(40)47-45(56-44)32-31-42-41-19-10-11-21-43(41)55(48(42)47)39-17-8-3-9-18-39/h1-32H. The molecule has 262 valence electrons. The van der Waals surface area contributed by atoms with E-state index in [2.05, 4.69) is 162 Å². The average molecular weight is 717 g/mol. The SMILES string of the molecule is c1ccc(-c2ccc(-c3nc(-c4ccccc4)nc(-c4ccc(-c5cccc6oc7ccc8c9ccccc9n(-c9ccccc9)c8c7c56)cc4)n3)cc2)cc1. The molecule has 0 aliphatic carbocycles. The molecule has 0 atom stereocenters. The first-order valence-corrected chi connectivity index (χ1v) is 18.8. The summed E-state index contributed by atoms with van der Waals surface area (Å²) in [7, 11) is 0. The van der Waals surface area contributed by atoms with Crippen LogP contribution in [0.5, 0.6) is 0 Å². The number of furan rings is 1. The van der Waals surface area contributed by atoms with Gasteiger partial charge in [0.05, 0.1) is 16.4 Å². The number of rotatable bonds is 6. The van der Waals surface area contributed by atoms with Crippen LogP contribution in [-0.4, -0.2) is 19.5 Å². The third-order valence-electron chi connectivity index (χ3n) is 10.7. The Hall–Kier alpha value is -7.63. The molecule has 0 aliphatic rings. The minimum atomic E-state index is 0.619. The second kappa shape index (κ2) is 13.0. The lowest BCUT2D eigenvalue weighted by atomic mass is 9.97. The van der Waals surface area contributed by atoms with Gasteiger partial charge >= 0.3 is 0 Å². The molecule has 0 bridgehead atoms. The van der Waals surface area contributed by atoms with Gasteiger partial charge in [0, 0.05) is 38.5 Å². The minimum Gasteiger partial charge on any atom is -0.456 e. The number of hydrogen-bond donors (Lipinski definition) is 0. The zero-order valence-electron chi connectivity index (χ0n) is 30.2. The summed E-state index contributed by atoms with van der Waals surface area (Å²) in [4.78, 5) is 15.0. The summed E-state index contributed by atoms with van der Waals surface area (Å²) in [6.07, 6.45) is 0. The van der Waals surface area contributed by atoms with E-state index in [1.165, 1.54) is 16.3 Å². The van der Waals surface area contributed by atoms with Crippen molar-refractivity contribution in [3.8, 4) is 62.1 Å². The Morgan fingerprint density at radius 3 is 1.50 bits per heavy atom. The number of hydrogen-bond acceptors (Lipinski definition) is 4. The van der Waals surface area contributed by atoms with Crippen molar-refractivity contribution in [3.63, 3.8) is 0 Å². The van der Waals surface area contributed by atoms with Crippen LogP contribution in [0.2, 0.25) is 0 Å². The quantitative estimate of drug-likeness (QED) is 0.172. The lowest BCUT2D eigenvalue weighted by molar-refractivity contribution is 0.669. The summed E-state index contributed by atoms with van der Waals surface area (Å²) in [6.45, 7) is 0. The average Bonchev–Trinajstić information content (AvgIpc) is 3.83. The van der Waals surface area contributed by atoms with E-state index in [4.69, 9.17) is 19.4 Å². The molecule has 8 aromatic carbocycles. The van der Waals surface area contributed by atoms with Crippen LogP contribution in [0.25, 0.3) is 106 Å². The molecule has 0 saturated heterocycles. The van der Waals surface area contributed by atoms with E-state index >= 15 is 0 Å². The van der Waals surface area contributed by atoms with Crippen LogP contribution < -0.4 is 0 Å². The molecular formula is C51H32N4O. The Morgan fingerprint density at radius 2 is 0.839 bits per heavy atom. The van der Waals surface area contributed by atoms with Crippen LogP contribution in [0.4, 0.5) is 0 Å². The van der Waals surface area contributed by atoms with E-state index in [0.29, 0.717) is 17.5 Å². The Bertz CT molecular complexity index is 3200. The minimum absolute atomic E-state index is 0.619. The number of benzene rings is 8. The van der Waals surface area contributed by atoms with Crippen LogP contribution in [0.1, 0.15) is 0 Å². The molecule has 0 fully saturated rings. The highest BCUT2D eigenvalue weighted by Gasteiger charge is 2.21. The van der Waals surface area contributed by atoms with Crippen molar-refractivity contribution in [2.45, 2.75) is 0 Å². The van der Waals surface area contributed by atoms with Crippen LogP contribution >= 0.6 is 0 Å². The molecule has 3 aromatic heterocycles. The molecule has 0 N–H and O–H groups in total. The molecule has 11 aromatic rings. The fourth-order valence-corrected chi connectivity index (χ4v) is 8.04. The van der Waals surface area contributed by atoms with Crippen molar-refractivity contribution in [1.29, 1.82) is 0 Å². The maximum Gasteiger partial charge on any atom is 0.164 e. The summed E-state index contributed by atoms with van der Waals surface area (Å²) in [6, 6.07) is 67.3. The topological polar surface area (TPSA) is 56.7 Å². The highest BCUT2D eigenvalue weighted by molar-refractivity contribution is 6.27. The molecule has 5 nitrogen and oxygen atoms in total. The van der Waals surface area contributed by atoms with E-state index in [1.807, 2.05) is 36.4 Å². The van der Waals surface area contributed by atoms with Crippen LogP contribution in [0.3, 0.4) is 0 Å². The van der Waals surface area contributed by atoms with Gasteiger partial charge in [-0.3, -0.25) is 0 Å². The van der Waals surface area contributed by atoms with Crippen molar-refractivity contribution in [1.82, 2.24) is 19.5 Å². The largest absolute Gasteiger partial charge is 0.456 e. The first-order chi connectivity index (χ1) is 27.8. The number of nitrogens with zero attached hydrogens (tertiary/aromatic N) is 4. The van der Waals surface area contributed by atoms with E-state index in [-0.39, 0.29) is 0 Å². The van der Waals surface area contributed by atoms with Gasteiger partial charge in [0.15, 0.2) is 17.5 Å². The molecule has 5 heteroatoms. The predicted molar refractivity (Wildman–Crippen MR) is 229 cm³/mol. The van der Waals surface area contributed by atoms with Crippen molar-refractivity contribution in [2.24, 2.45) is 0 Å². The van der Waals surface area contributed by atoms with E-state index in [1.54, 1.807) is 0 Å². The Morgan fingerprint density at radius 1 is 0.339 bits per heavy atom. The monoisotopic (exact) mass is 716 g/mol. The fraction of sp³-hybridized carbons (Fsp3) is 0. The lowest BCUT2D eigenvalue weighted by Gasteiger charge is -2.11. The first-order valence-electron chi connectivity index (χ1n) is 18.8. The van der Waals surface area contributed by atoms with E-state index < -0.39 is 0 Å². The molecule has 11 rings (SSSR count). The molecule has 0 amide bonds. The van der Waals surface area contributed by atoms with Gasteiger partial charge < -0.3 is 8.98 Å². The normalized spacial score (nSPS) is 11.6. The zero-order valence-corrected chi connectivity index (χ0v) is 30.2. The maximum atomic E-state index is 6.61. The van der Waals surface area contributed by atoms with Gasteiger partial charge in [-0.25, -0.2) is 15.0 Å². The molecule has 0 radical (unpaired) electrons. The third kappa shape index (κ3) is 5.29. The number of aromatic nitrogens is 4. The van der Waals surface area contributed by atoms with Gasteiger partial charge in [0.25, 0.3) is 0 Å². The summed E-state index contributed by atoms with van der Waals surface area (Å²) in [5, 5.41) is 4.60. The predicted octanol–water partition coefficient (Wildman–Crippen LogP) is 13.2. The third-order valence-corrected chi connectivity index (χ3v) is 10.7. The zero-order chi connectivity index (χ0) is 37.0. The summed E-state index contributed by atoms with van der Waals surface area (Å²) < 4.78 is 8.98. The van der Waals surface area contributed by atoms with Gasteiger partial charge in [0.2, 0.25) is 0 Å². The maximum absolute atomic E-state index is 6.61. The fourth-order valence-electron chi connectivity index (χ4n) is 8.04. The highest BCUT2D eigenvalue weighted by atomic mass is 16.3. The second-order valence-electron chi connectivity index (χ2n) is 14.0. The highest BCUT2D eigenvalue weighted by Crippen LogP contribution is 2.44. The molecular weight excluding hydrogens is 685 g/mol. The Labute approximate surface area is 322 Å². The first kappa shape index (κ1) is 31.9. The summed E-state index contributed by atoms with van der Waals surface area (Å²) >= 11 is 0. The van der Waals surface area contributed by atoms with E-state index in [0.717, 1.165) is 72.0 Å². The molecule has 0 spiro atoms. The molecule has 56 heavy (non-hydrogen) atoms. The molecule has 0 saturated carbocycles. The van der Waals surface area contributed by atoms with Crippen molar-refractivity contribution >= 4 is 43.7 Å². The van der Waals surface area contributed by atoms with Gasteiger partial charge in [-0.1, -0.05) is 158 Å².